The van der Waals surface area contributed by atoms with E-state index < -0.39 is 11.8 Å². The Hall–Kier alpha value is -2.82. The van der Waals surface area contributed by atoms with Crippen molar-refractivity contribution in [2.75, 3.05) is 6.54 Å². The molecule has 1 unspecified atom stereocenters. The molecule has 2 aromatic rings. The zero-order valence-corrected chi connectivity index (χ0v) is 16.7. The molecule has 0 fully saturated rings. The molecule has 5 nitrogen and oxygen atoms in total. The second-order valence-electron chi connectivity index (χ2n) is 7.68. The van der Waals surface area contributed by atoms with Gasteiger partial charge in [-0.2, -0.15) is 0 Å². The first kappa shape index (κ1) is 19.9. The van der Waals surface area contributed by atoms with Crippen molar-refractivity contribution in [3.8, 4) is 5.75 Å². The molecule has 0 aromatic heterocycles. The van der Waals surface area contributed by atoms with E-state index in [1.165, 1.54) is 11.1 Å². The van der Waals surface area contributed by atoms with Crippen molar-refractivity contribution in [2.45, 2.75) is 39.8 Å². The van der Waals surface area contributed by atoms with E-state index in [0.29, 0.717) is 13.1 Å². The van der Waals surface area contributed by atoms with Crippen molar-refractivity contribution in [3.63, 3.8) is 0 Å². The van der Waals surface area contributed by atoms with Crippen LogP contribution in [0, 0.1) is 11.8 Å². The predicted molar refractivity (Wildman–Crippen MR) is 109 cm³/mol. The topological polar surface area (TPSA) is 69.6 Å². The Morgan fingerprint density at radius 1 is 0.964 bits per heavy atom. The summed E-state index contributed by atoms with van der Waals surface area (Å²) in [4.78, 5) is 27.5. The van der Waals surface area contributed by atoms with Crippen LogP contribution in [0.15, 0.2) is 48.5 Å². The zero-order chi connectivity index (χ0) is 20.3. The number of fused-ring (bicyclic) bond motifs is 1. The zero-order valence-electron chi connectivity index (χ0n) is 16.7. The molecule has 0 saturated heterocycles. The lowest BCUT2D eigenvalue weighted by Gasteiger charge is -2.32. The fourth-order valence-corrected chi connectivity index (χ4v) is 3.60. The van der Waals surface area contributed by atoms with E-state index in [9.17, 15) is 14.7 Å². The number of benzene rings is 2. The van der Waals surface area contributed by atoms with Crippen LogP contribution in [0.5, 0.6) is 5.75 Å². The van der Waals surface area contributed by atoms with Crippen molar-refractivity contribution in [1.29, 1.82) is 0 Å². The summed E-state index contributed by atoms with van der Waals surface area (Å²) in [6.45, 7) is 6.83. The minimum Gasteiger partial charge on any atom is -0.508 e. The number of amides is 2. The molecule has 0 saturated carbocycles. The van der Waals surface area contributed by atoms with Crippen molar-refractivity contribution in [1.82, 2.24) is 10.2 Å². The van der Waals surface area contributed by atoms with Crippen LogP contribution in [-0.4, -0.2) is 28.4 Å². The Morgan fingerprint density at radius 2 is 1.61 bits per heavy atom. The number of aromatic hydroxyl groups is 1. The standard InChI is InChI=1S/C23H28N2O3/c1-15(22(27)24-17(3)18-8-10-21(26)11-9-18)16(2)23(28)25-13-12-19-6-4-5-7-20(19)14-25/h4-11,15-17,26H,12-14H2,1-3H3,(H,24,27)/t15-,16-,17?/m1/s1. The van der Waals surface area contributed by atoms with Gasteiger partial charge in [-0.25, -0.2) is 0 Å². The molecule has 1 heterocycles. The third-order valence-electron chi connectivity index (χ3n) is 5.75. The van der Waals surface area contributed by atoms with E-state index in [2.05, 4.69) is 17.4 Å². The van der Waals surface area contributed by atoms with E-state index in [-0.39, 0.29) is 23.6 Å². The number of nitrogens with one attached hydrogen (secondary N) is 1. The molecule has 148 valence electrons. The third-order valence-corrected chi connectivity index (χ3v) is 5.75. The monoisotopic (exact) mass is 380 g/mol. The Kier molecular flexibility index (Phi) is 6.02. The number of rotatable bonds is 5. The highest BCUT2D eigenvalue weighted by molar-refractivity contribution is 5.87. The third kappa shape index (κ3) is 4.35. The highest BCUT2D eigenvalue weighted by Crippen LogP contribution is 2.23. The summed E-state index contributed by atoms with van der Waals surface area (Å²) in [6, 6.07) is 14.8. The lowest BCUT2D eigenvalue weighted by Crippen LogP contribution is -2.44. The molecule has 0 aliphatic carbocycles. The molecule has 2 N–H and O–H groups in total. The van der Waals surface area contributed by atoms with E-state index in [0.717, 1.165) is 12.0 Å². The van der Waals surface area contributed by atoms with Gasteiger partial charge in [0, 0.05) is 24.9 Å². The molecule has 2 aromatic carbocycles. The van der Waals surface area contributed by atoms with E-state index in [1.807, 2.05) is 30.9 Å². The Labute approximate surface area is 166 Å². The SMILES string of the molecule is CC(NC(=O)[C@H](C)[C@@H](C)C(=O)N1CCc2ccccc2C1)c1ccc(O)cc1. The second-order valence-corrected chi connectivity index (χ2v) is 7.68. The Morgan fingerprint density at radius 3 is 2.29 bits per heavy atom. The van der Waals surface area contributed by atoms with E-state index in [4.69, 9.17) is 0 Å². The first-order valence-corrected chi connectivity index (χ1v) is 9.81. The first-order chi connectivity index (χ1) is 13.4. The molecule has 1 aliphatic heterocycles. The quantitative estimate of drug-likeness (QED) is 0.835. The summed E-state index contributed by atoms with van der Waals surface area (Å²) < 4.78 is 0. The molecule has 3 rings (SSSR count). The minimum absolute atomic E-state index is 0.0226. The van der Waals surface area contributed by atoms with Gasteiger partial charge in [0.25, 0.3) is 0 Å². The maximum Gasteiger partial charge on any atom is 0.226 e. The molecule has 1 aliphatic rings. The molecule has 2 amide bonds. The molecule has 0 spiro atoms. The number of hydrogen-bond acceptors (Lipinski definition) is 3. The van der Waals surface area contributed by atoms with Crippen LogP contribution in [0.25, 0.3) is 0 Å². The van der Waals surface area contributed by atoms with Gasteiger partial charge in [0.05, 0.1) is 6.04 Å². The summed E-state index contributed by atoms with van der Waals surface area (Å²) in [7, 11) is 0. The fourth-order valence-electron chi connectivity index (χ4n) is 3.60. The van der Waals surface area contributed by atoms with Gasteiger partial charge in [-0.05, 0) is 42.2 Å². The molecule has 3 atom stereocenters. The highest BCUT2D eigenvalue weighted by Gasteiger charge is 2.31. The van der Waals surface area contributed by atoms with Crippen LogP contribution in [-0.2, 0) is 22.6 Å². The summed E-state index contributed by atoms with van der Waals surface area (Å²) >= 11 is 0. The van der Waals surface area contributed by atoms with E-state index in [1.54, 1.807) is 31.2 Å². The highest BCUT2D eigenvalue weighted by atomic mass is 16.3. The van der Waals surface area contributed by atoms with Gasteiger partial charge >= 0.3 is 0 Å². The molecule has 5 heteroatoms. The number of carbonyl (C=O) groups is 2. The van der Waals surface area contributed by atoms with Gasteiger partial charge in [-0.1, -0.05) is 50.2 Å². The van der Waals surface area contributed by atoms with Crippen LogP contribution in [0.2, 0.25) is 0 Å². The van der Waals surface area contributed by atoms with Gasteiger partial charge in [0.15, 0.2) is 0 Å². The maximum absolute atomic E-state index is 13.0. The predicted octanol–water partition coefficient (Wildman–Crippen LogP) is 3.43. The largest absolute Gasteiger partial charge is 0.508 e. The number of phenols is 1. The van der Waals surface area contributed by atoms with Gasteiger partial charge in [0.1, 0.15) is 5.75 Å². The van der Waals surface area contributed by atoms with Crippen LogP contribution < -0.4 is 5.32 Å². The number of nitrogens with zero attached hydrogens (tertiary/aromatic N) is 1. The first-order valence-electron chi connectivity index (χ1n) is 9.81. The Bertz CT molecular complexity index is 847. The molecular formula is C23H28N2O3. The Balaban J connectivity index is 1.60. The second kappa shape index (κ2) is 8.46. The van der Waals surface area contributed by atoms with Crippen molar-refractivity contribution >= 4 is 11.8 Å². The summed E-state index contributed by atoms with van der Waals surface area (Å²) in [5.74, 6) is -0.743. The fraction of sp³-hybridized carbons (Fsp3) is 0.391. The van der Waals surface area contributed by atoms with Gasteiger partial charge in [-0.3, -0.25) is 9.59 Å². The van der Waals surface area contributed by atoms with Crippen LogP contribution >= 0.6 is 0 Å². The average molecular weight is 380 g/mol. The average Bonchev–Trinajstić information content (AvgIpc) is 2.72. The van der Waals surface area contributed by atoms with Crippen molar-refractivity contribution in [2.24, 2.45) is 11.8 Å². The number of carbonyl (C=O) groups excluding carboxylic acids is 2. The number of phenolic OH excluding ortho intramolecular Hbond substituents is 1. The summed E-state index contributed by atoms with van der Waals surface area (Å²) in [5, 5.41) is 12.4. The van der Waals surface area contributed by atoms with Crippen LogP contribution in [0.3, 0.4) is 0 Å². The molecular weight excluding hydrogens is 352 g/mol. The maximum atomic E-state index is 13.0. The van der Waals surface area contributed by atoms with Crippen LogP contribution in [0.4, 0.5) is 0 Å². The number of hydrogen-bond donors (Lipinski definition) is 2. The van der Waals surface area contributed by atoms with Crippen LogP contribution in [0.1, 0.15) is 43.5 Å². The van der Waals surface area contributed by atoms with Gasteiger partial charge < -0.3 is 15.3 Å². The molecule has 0 bridgehead atoms. The summed E-state index contributed by atoms with van der Waals surface area (Å²) in [5.41, 5.74) is 3.39. The normalized spacial score (nSPS) is 16.6. The molecule has 0 radical (unpaired) electrons. The van der Waals surface area contributed by atoms with E-state index >= 15 is 0 Å². The lowest BCUT2D eigenvalue weighted by atomic mass is 9.91. The minimum atomic E-state index is -0.427. The van der Waals surface area contributed by atoms with Crippen molar-refractivity contribution in [3.05, 3.63) is 65.2 Å². The lowest BCUT2D eigenvalue weighted by molar-refractivity contribution is -0.141. The molecule has 28 heavy (non-hydrogen) atoms. The van der Waals surface area contributed by atoms with Gasteiger partial charge in [-0.15, -0.1) is 0 Å². The summed E-state index contributed by atoms with van der Waals surface area (Å²) in [6.07, 6.45) is 0.854. The van der Waals surface area contributed by atoms with Gasteiger partial charge in [0.2, 0.25) is 11.8 Å². The van der Waals surface area contributed by atoms with Crippen molar-refractivity contribution < 1.29 is 14.7 Å². The smallest absolute Gasteiger partial charge is 0.226 e.